The molecule has 0 fully saturated rings. The van der Waals surface area contributed by atoms with Crippen molar-refractivity contribution in [3.05, 3.63) is 59.7 Å². The highest BCUT2D eigenvalue weighted by molar-refractivity contribution is 5.85. The SMILES string of the molecule is Cc1noc(C(Cc2cccc3ccccc23)N(C)C(=O)OC(C)(C)C)n1. The van der Waals surface area contributed by atoms with E-state index in [1.165, 1.54) is 4.90 Å². The van der Waals surface area contributed by atoms with Crippen molar-refractivity contribution in [3.63, 3.8) is 0 Å². The maximum atomic E-state index is 12.6. The van der Waals surface area contributed by atoms with Crippen LogP contribution in [0.5, 0.6) is 0 Å². The van der Waals surface area contributed by atoms with Gasteiger partial charge in [-0.1, -0.05) is 47.6 Å². The summed E-state index contributed by atoms with van der Waals surface area (Å²) >= 11 is 0. The number of amides is 1. The number of fused-ring (bicyclic) bond motifs is 1. The standard InChI is InChI=1S/C21H25N3O3/c1-14-22-19(27-23-14)18(24(5)20(25)26-21(2,3)4)13-16-11-8-10-15-9-6-7-12-17(15)16/h6-12,18H,13H2,1-5H3. The van der Waals surface area contributed by atoms with Gasteiger partial charge in [0.1, 0.15) is 11.6 Å². The molecule has 0 spiro atoms. The van der Waals surface area contributed by atoms with Crippen LogP contribution in [-0.4, -0.2) is 33.8 Å². The van der Waals surface area contributed by atoms with Gasteiger partial charge in [-0.05, 0) is 44.0 Å². The van der Waals surface area contributed by atoms with Gasteiger partial charge in [0.25, 0.3) is 0 Å². The molecule has 3 rings (SSSR count). The topological polar surface area (TPSA) is 68.5 Å². The number of aromatic nitrogens is 2. The van der Waals surface area contributed by atoms with Gasteiger partial charge in [-0.15, -0.1) is 0 Å². The van der Waals surface area contributed by atoms with Crippen molar-refractivity contribution < 1.29 is 14.1 Å². The van der Waals surface area contributed by atoms with E-state index < -0.39 is 17.7 Å². The second kappa shape index (κ2) is 7.39. The second-order valence-corrected chi connectivity index (χ2v) is 7.63. The highest BCUT2D eigenvalue weighted by atomic mass is 16.6. The third-order valence-electron chi connectivity index (χ3n) is 4.27. The maximum Gasteiger partial charge on any atom is 0.410 e. The molecule has 2 aromatic carbocycles. The Bertz CT molecular complexity index is 938. The number of carbonyl (C=O) groups excluding carboxylic acids is 1. The molecule has 1 unspecified atom stereocenters. The molecule has 3 aromatic rings. The summed E-state index contributed by atoms with van der Waals surface area (Å²) in [7, 11) is 1.70. The summed E-state index contributed by atoms with van der Waals surface area (Å²) in [6.45, 7) is 7.29. The van der Waals surface area contributed by atoms with E-state index in [2.05, 4.69) is 34.4 Å². The van der Waals surface area contributed by atoms with Crippen molar-refractivity contribution >= 4 is 16.9 Å². The van der Waals surface area contributed by atoms with Crippen LogP contribution in [0.1, 0.15) is 44.1 Å². The minimum absolute atomic E-state index is 0.397. The first-order valence-corrected chi connectivity index (χ1v) is 8.97. The van der Waals surface area contributed by atoms with E-state index in [1.807, 2.05) is 39.0 Å². The van der Waals surface area contributed by atoms with Crippen molar-refractivity contribution in [1.82, 2.24) is 15.0 Å². The van der Waals surface area contributed by atoms with Gasteiger partial charge in [-0.2, -0.15) is 4.98 Å². The highest BCUT2D eigenvalue weighted by Gasteiger charge is 2.30. The third kappa shape index (κ3) is 4.45. The summed E-state index contributed by atoms with van der Waals surface area (Å²) in [6, 6.07) is 13.9. The van der Waals surface area contributed by atoms with Crippen LogP contribution in [0.15, 0.2) is 47.0 Å². The van der Waals surface area contributed by atoms with E-state index in [0.717, 1.165) is 16.3 Å². The van der Waals surface area contributed by atoms with Crippen LogP contribution in [0.2, 0.25) is 0 Å². The molecule has 1 aromatic heterocycles. The van der Waals surface area contributed by atoms with Gasteiger partial charge in [0, 0.05) is 13.5 Å². The van der Waals surface area contributed by atoms with Crippen molar-refractivity contribution in [2.75, 3.05) is 7.05 Å². The smallest absolute Gasteiger partial charge is 0.410 e. The number of hydrogen-bond donors (Lipinski definition) is 0. The number of likely N-dealkylation sites (N-methyl/N-ethyl adjacent to an activating group) is 1. The average Bonchev–Trinajstić information content (AvgIpc) is 3.03. The molecule has 0 aliphatic carbocycles. The van der Waals surface area contributed by atoms with Crippen LogP contribution in [-0.2, 0) is 11.2 Å². The fourth-order valence-electron chi connectivity index (χ4n) is 2.98. The number of hydrogen-bond acceptors (Lipinski definition) is 5. The molecule has 1 atom stereocenters. The predicted molar refractivity (Wildman–Crippen MR) is 103 cm³/mol. The summed E-state index contributed by atoms with van der Waals surface area (Å²) in [5.41, 5.74) is 0.518. The van der Waals surface area contributed by atoms with E-state index in [0.29, 0.717) is 18.1 Å². The molecule has 6 nitrogen and oxygen atoms in total. The van der Waals surface area contributed by atoms with Gasteiger partial charge < -0.3 is 9.26 Å². The van der Waals surface area contributed by atoms with Crippen LogP contribution in [0.4, 0.5) is 4.79 Å². The summed E-state index contributed by atoms with van der Waals surface area (Å²) < 4.78 is 10.9. The zero-order chi connectivity index (χ0) is 19.6. The quantitative estimate of drug-likeness (QED) is 0.669. The normalized spacial score (nSPS) is 12.8. The van der Waals surface area contributed by atoms with Crippen LogP contribution in [0, 0.1) is 6.92 Å². The first-order chi connectivity index (χ1) is 12.7. The number of benzene rings is 2. The van der Waals surface area contributed by atoms with Gasteiger partial charge in [0.2, 0.25) is 5.89 Å². The number of aryl methyl sites for hydroxylation is 1. The Hall–Kier alpha value is -2.89. The minimum atomic E-state index is -0.583. The van der Waals surface area contributed by atoms with Gasteiger partial charge in [0.15, 0.2) is 5.82 Å². The van der Waals surface area contributed by atoms with Gasteiger partial charge in [0.05, 0.1) is 0 Å². The Morgan fingerprint density at radius 3 is 2.56 bits per heavy atom. The molecule has 0 aliphatic heterocycles. The maximum absolute atomic E-state index is 12.6. The van der Waals surface area contributed by atoms with Crippen LogP contribution in [0.25, 0.3) is 10.8 Å². The van der Waals surface area contributed by atoms with Crippen LogP contribution >= 0.6 is 0 Å². The van der Waals surface area contributed by atoms with Crippen molar-refractivity contribution in [2.45, 2.75) is 45.8 Å². The summed E-state index contributed by atoms with van der Waals surface area (Å²) in [4.78, 5) is 18.5. The molecule has 27 heavy (non-hydrogen) atoms. The highest BCUT2D eigenvalue weighted by Crippen LogP contribution is 2.28. The lowest BCUT2D eigenvalue weighted by molar-refractivity contribution is 0.0190. The van der Waals surface area contributed by atoms with Crippen LogP contribution < -0.4 is 0 Å². The molecule has 1 amide bonds. The van der Waals surface area contributed by atoms with Gasteiger partial charge >= 0.3 is 6.09 Å². The Kier molecular flexibility index (Phi) is 5.17. The molecule has 142 valence electrons. The number of rotatable bonds is 4. The molecule has 0 saturated heterocycles. The number of carbonyl (C=O) groups is 1. The van der Waals surface area contributed by atoms with E-state index >= 15 is 0 Å². The second-order valence-electron chi connectivity index (χ2n) is 7.63. The Morgan fingerprint density at radius 1 is 1.19 bits per heavy atom. The molecule has 0 bridgehead atoms. The molecule has 0 N–H and O–H groups in total. The predicted octanol–water partition coefficient (Wildman–Crippen LogP) is 4.68. The monoisotopic (exact) mass is 367 g/mol. The van der Waals surface area contributed by atoms with Crippen LogP contribution in [0.3, 0.4) is 0 Å². The van der Waals surface area contributed by atoms with Crippen molar-refractivity contribution in [3.8, 4) is 0 Å². The van der Waals surface area contributed by atoms with E-state index in [-0.39, 0.29) is 0 Å². The lowest BCUT2D eigenvalue weighted by atomic mass is 9.98. The zero-order valence-electron chi connectivity index (χ0n) is 16.4. The van der Waals surface area contributed by atoms with Crippen molar-refractivity contribution in [1.29, 1.82) is 0 Å². The molecular formula is C21H25N3O3. The van der Waals surface area contributed by atoms with Crippen molar-refractivity contribution in [2.24, 2.45) is 0 Å². The fourth-order valence-corrected chi connectivity index (χ4v) is 2.98. The molecule has 0 aliphatic rings. The molecule has 1 heterocycles. The Labute approximate surface area is 159 Å². The fraction of sp³-hybridized carbons (Fsp3) is 0.381. The molecular weight excluding hydrogens is 342 g/mol. The zero-order valence-corrected chi connectivity index (χ0v) is 16.4. The lowest BCUT2D eigenvalue weighted by Gasteiger charge is -2.29. The van der Waals surface area contributed by atoms with E-state index in [9.17, 15) is 4.79 Å². The van der Waals surface area contributed by atoms with Gasteiger partial charge in [-0.25, -0.2) is 4.79 Å². The Morgan fingerprint density at radius 2 is 1.89 bits per heavy atom. The molecule has 6 heteroatoms. The minimum Gasteiger partial charge on any atom is -0.444 e. The van der Waals surface area contributed by atoms with E-state index in [4.69, 9.17) is 9.26 Å². The first kappa shape index (κ1) is 18.9. The van der Waals surface area contributed by atoms with Gasteiger partial charge in [-0.3, -0.25) is 4.90 Å². The summed E-state index contributed by atoms with van der Waals surface area (Å²) in [5, 5.41) is 6.18. The lowest BCUT2D eigenvalue weighted by Crippen LogP contribution is -2.37. The number of nitrogens with zero attached hydrogens (tertiary/aromatic N) is 3. The summed E-state index contributed by atoms with van der Waals surface area (Å²) in [6.07, 6.45) is 0.113. The average molecular weight is 367 g/mol. The van der Waals surface area contributed by atoms with E-state index in [1.54, 1.807) is 14.0 Å². The molecule has 0 radical (unpaired) electrons. The summed E-state index contributed by atoms with van der Waals surface area (Å²) in [5.74, 6) is 0.930. The largest absolute Gasteiger partial charge is 0.444 e. The number of ether oxygens (including phenoxy) is 1. The molecule has 0 saturated carbocycles. The third-order valence-corrected chi connectivity index (χ3v) is 4.27. The Balaban J connectivity index is 1.96. The first-order valence-electron chi connectivity index (χ1n) is 8.97.